The molecule has 68 valence electrons. The van der Waals surface area contributed by atoms with Gasteiger partial charge in [0.1, 0.15) is 11.8 Å². The van der Waals surface area contributed by atoms with Crippen molar-refractivity contribution in [3.63, 3.8) is 0 Å². The molecule has 1 N–H and O–H groups in total. The molecule has 0 radical (unpaired) electrons. The standard InChI is InChI=1S/C9H9ClN2O/c1-12-8-4-9(13-2)7(10)3-6(8)5-11/h3-4,12H,1-2H3. The van der Waals surface area contributed by atoms with Crippen LogP contribution in [0.3, 0.4) is 0 Å². The van der Waals surface area contributed by atoms with Gasteiger partial charge in [-0.15, -0.1) is 0 Å². The number of benzene rings is 1. The van der Waals surface area contributed by atoms with Gasteiger partial charge in [-0.25, -0.2) is 0 Å². The van der Waals surface area contributed by atoms with Gasteiger partial charge in [0.25, 0.3) is 0 Å². The number of nitriles is 1. The van der Waals surface area contributed by atoms with E-state index in [1.165, 1.54) is 7.11 Å². The summed E-state index contributed by atoms with van der Waals surface area (Å²) in [5.74, 6) is 0.560. The van der Waals surface area contributed by atoms with Gasteiger partial charge in [-0.05, 0) is 6.07 Å². The predicted molar refractivity (Wildman–Crippen MR) is 52.3 cm³/mol. The fraction of sp³-hybridized carbons (Fsp3) is 0.222. The molecule has 0 atom stereocenters. The van der Waals surface area contributed by atoms with Crippen LogP contribution in [0.25, 0.3) is 0 Å². The minimum absolute atomic E-state index is 0.443. The highest BCUT2D eigenvalue weighted by molar-refractivity contribution is 6.32. The fourth-order valence-electron chi connectivity index (χ4n) is 1.01. The molecule has 13 heavy (non-hydrogen) atoms. The van der Waals surface area contributed by atoms with Crippen LogP contribution in [0.2, 0.25) is 5.02 Å². The van der Waals surface area contributed by atoms with Gasteiger partial charge in [0.05, 0.1) is 23.4 Å². The summed E-state index contributed by atoms with van der Waals surface area (Å²) in [6, 6.07) is 5.31. The first-order valence-electron chi connectivity index (χ1n) is 3.68. The van der Waals surface area contributed by atoms with Crippen molar-refractivity contribution in [1.29, 1.82) is 5.26 Å². The van der Waals surface area contributed by atoms with Gasteiger partial charge in [0.2, 0.25) is 0 Å². The second kappa shape index (κ2) is 4.01. The molecule has 0 saturated carbocycles. The van der Waals surface area contributed by atoms with Crippen LogP contribution in [0.15, 0.2) is 12.1 Å². The van der Waals surface area contributed by atoms with Crippen LogP contribution in [0.5, 0.6) is 5.75 Å². The molecule has 1 rings (SSSR count). The highest BCUT2D eigenvalue weighted by atomic mass is 35.5. The van der Waals surface area contributed by atoms with Gasteiger partial charge in [-0.1, -0.05) is 11.6 Å². The highest BCUT2D eigenvalue weighted by Gasteiger charge is 2.06. The van der Waals surface area contributed by atoms with Crippen LogP contribution >= 0.6 is 11.6 Å². The maximum Gasteiger partial charge on any atom is 0.139 e. The summed E-state index contributed by atoms with van der Waals surface area (Å²) in [6.07, 6.45) is 0. The van der Waals surface area contributed by atoms with E-state index in [0.29, 0.717) is 22.0 Å². The zero-order valence-electron chi connectivity index (χ0n) is 7.39. The van der Waals surface area contributed by atoms with Crippen molar-refractivity contribution in [1.82, 2.24) is 0 Å². The van der Waals surface area contributed by atoms with Gasteiger partial charge in [0.15, 0.2) is 0 Å². The Balaban J connectivity index is 3.28. The molecule has 1 aromatic carbocycles. The lowest BCUT2D eigenvalue weighted by molar-refractivity contribution is 0.415. The SMILES string of the molecule is CNc1cc(OC)c(Cl)cc1C#N. The molecular formula is C9H9ClN2O. The number of rotatable bonds is 2. The Kier molecular flexibility index (Phi) is 2.99. The normalized spacial score (nSPS) is 9.08. The van der Waals surface area contributed by atoms with Gasteiger partial charge in [0, 0.05) is 13.1 Å². The molecule has 0 aliphatic rings. The summed E-state index contributed by atoms with van der Waals surface area (Å²) >= 11 is 5.83. The van der Waals surface area contributed by atoms with Crippen molar-refractivity contribution >= 4 is 17.3 Å². The summed E-state index contributed by atoms with van der Waals surface area (Å²) in [4.78, 5) is 0. The van der Waals surface area contributed by atoms with Crippen LogP contribution in [-0.2, 0) is 0 Å². The summed E-state index contributed by atoms with van der Waals surface area (Å²) in [6.45, 7) is 0. The van der Waals surface area contributed by atoms with Crippen molar-refractivity contribution in [3.8, 4) is 11.8 Å². The van der Waals surface area contributed by atoms with E-state index in [-0.39, 0.29) is 0 Å². The molecule has 0 aliphatic carbocycles. The molecule has 3 nitrogen and oxygen atoms in total. The third kappa shape index (κ3) is 1.85. The van der Waals surface area contributed by atoms with Crippen molar-refractivity contribution in [2.45, 2.75) is 0 Å². The number of hydrogen-bond donors (Lipinski definition) is 1. The molecule has 0 heterocycles. The quantitative estimate of drug-likeness (QED) is 0.789. The first-order valence-corrected chi connectivity index (χ1v) is 4.06. The molecular weight excluding hydrogens is 188 g/mol. The first-order chi connectivity index (χ1) is 6.22. The van der Waals surface area contributed by atoms with Crippen molar-refractivity contribution < 1.29 is 4.74 Å². The largest absolute Gasteiger partial charge is 0.495 e. The minimum Gasteiger partial charge on any atom is -0.495 e. The van der Waals surface area contributed by atoms with Crippen LogP contribution in [0, 0.1) is 11.3 Å². The van der Waals surface area contributed by atoms with Crippen molar-refractivity contribution in [3.05, 3.63) is 22.7 Å². The van der Waals surface area contributed by atoms with Crippen LogP contribution in [0.4, 0.5) is 5.69 Å². The summed E-state index contributed by atoms with van der Waals surface area (Å²) < 4.78 is 5.01. The average Bonchev–Trinajstić information content (AvgIpc) is 2.17. The smallest absolute Gasteiger partial charge is 0.139 e. The zero-order valence-corrected chi connectivity index (χ0v) is 8.14. The summed E-state index contributed by atoms with van der Waals surface area (Å²) in [7, 11) is 3.27. The Labute approximate surface area is 81.9 Å². The Morgan fingerprint density at radius 3 is 2.69 bits per heavy atom. The third-order valence-electron chi connectivity index (χ3n) is 1.68. The van der Waals surface area contributed by atoms with Gasteiger partial charge in [-0.2, -0.15) is 5.26 Å². The van der Waals surface area contributed by atoms with E-state index in [1.807, 2.05) is 6.07 Å². The molecule has 0 aromatic heterocycles. The Morgan fingerprint density at radius 2 is 2.23 bits per heavy atom. The number of methoxy groups -OCH3 is 1. The first kappa shape index (κ1) is 9.69. The lowest BCUT2D eigenvalue weighted by Crippen LogP contribution is -1.94. The Morgan fingerprint density at radius 1 is 1.54 bits per heavy atom. The van der Waals surface area contributed by atoms with E-state index in [0.717, 1.165) is 0 Å². The van der Waals surface area contributed by atoms with Crippen LogP contribution in [-0.4, -0.2) is 14.2 Å². The van der Waals surface area contributed by atoms with Crippen LogP contribution < -0.4 is 10.1 Å². The lowest BCUT2D eigenvalue weighted by atomic mass is 10.2. The van der Waals surface area contributed by atoms with Crippen molar-refractivity contribution in [2.75, 3.05) is 19.5 Å². The molecule has 0 aliphatic heterocycles. The molecule has 4 heteroatoms. The van der Waals surface area contributed by atoms with E-state index < -0.39 is 0 Å². The van der Waals surface area contributed by atoms with Crippen molar-refractivity contribution in [2.24, 2.45) is 0 Å². The molecule has 0 saturated heterocycles. The fourth-order valence-corrected chi connectivity index (χ4v) is 1.25. The number of nitrogens with zero attached hydrogens (tertiary/aromatic N) is 1. The Bertz CT molecular complexity index is 357. The monoisotopic (exact) mass is 196 g/mol. The van der Waals surface area contributed by atoms with E-state index in [2.05, 4.69) is 5.32 Å². The van der Waals surface area contributed by atoms with Gasteiger partial charge >= 0.3 is 0 Å². The summed E-state index contributed by atoms with van der Waals surface area (Å²) in [5.41, 5.74) is 1.22. The third-order valence-corrected chi connectivity index (χ3v) is 1.98. The minimum atomic E-state index is 0.443. The van der Waals surface area contributed by atoms with E-state index in [9.17, 15) is 0 Å². The molecule has 0 bridgehead atoms. The van der Waals surface area contributed by atoms with Gasteiger partial charge < -0.3 is 10.1 Å². The zero-order chi connectivity index (χ0) is 9.84. The number of anilines is 1. The number of hydrogen-bond acceptors (Lipinski definition) is 3. The van der Waals surface area contributed by atoms with Gasteiger partial charge in [-0.3, -0.25) is 0 Å². The summed E-state index contributed by atoms with van der Waals surface area (Å²) in [5, 5.41) is 12.1. The second-order valence-corrected chi connectivity index (χ2v) is 2.80. The number of halogens is 1. The Hall–Kier alpha value is -1.40. The number of nitrogens with one attached hydrogen (secondary N) is 1. The van der Waals surface area contributed by atoms with Crippen LogP contribution in [0.1, 0.15) is 5.56 Å². The highest BCUT2D eigenvalue weighted by Crippen LogP contribution is 2.30. The number of ether oxygens (including phenoxy) is 1. The molecule has 0 fully saturated rings. The molecule has 0 spiro atoms. The maximum absolute atomic E-state index is 8.75. The predicted octanol–water partition coefficient (Wildman–Crippen LogP) is 2.26. The maximum atomic E-state index is 8.75. The molecule has 1 aromatic rings. The van der Waals surface area contributed by atoms with E-state index in [4.69, 9.17) is 21.6 Å². The molecule has 0 unspecified atom stereocenters. The molecule has 0 amide bonds. The average molecular weight is 197 g/mol. The van der Waals surface area contributed by atoms with E-state index in [1.54, 1.807) is 19.2 Å². The topological polar surface area (TPSA) is 45.0 Å². The second-order valence-electron chi connectivity index (χ2n) is 2.39. The lowest BCUT2D eigenvalue weighted by Gasteiger charge is -2.07. The van der Waals surface area contributed by atoms with E-state index >= 15 is 0 Å².